The highest BCUT2D eigenvalue weighted by Gasteiger charge is 2.22. The minimum absolute atomic E-state index is 0.322. The fourth-order valence-corrected chi connectivity index (χ4v) is 2.96. The van der Waals surface area contributed by atoms with Crippen molar-refractivity contribution in [3.8, 4) is 5.75 Å². The molecule has 0 saturated heterocycles. The summed E-state index contributed by atoms with van der Waals surface area (Å²) in [5.41, 5.74) is 2.43. The average molecular weight is 276 g/mol. The van der Waals surface area contributed by atoms with Crippen molar-refractivity contribution in [3.05, 3.63) is 29.3 Å². The molecule has 0 aliphatic heterocycles. The number of benzene rings is 1. The molecule has 1 saturated carbocycles. The summed E-state index contributed by atoms with van der Waals surface area (Å²) in [5, 5.41) is 10.3. The number of aliphatic hydroxyl groups is 1. The molecule has 2 nitrogen and oxygen atoms in total. The number of hydrogen-bond acceptors (Lipinski definition) is 2. The van der Waals surface area contributed by atoms with Gasteiger partial charge in [-0.1, -0.05) is 45.2 Å². The normalized spacial score (nSPS) is 18.2. The van der Waals surface area contributed by atoms with E-state index in [1.165, 1.54) is 24.8 Å². The maximum atomic E-state index is 10.3. The number of aryl methyl sites for hydroxylation is 1. The molecule has 2 rings (SSSR count). The fraction of sp³-hybridized carbons (Fsp3) is 0.667. The number of ether oxygens (including phenoxy) is 1. The molecule has 0 spiro atoms. The summed E-state index contributed by atoms with van der Waals surface area (Å²) in [6.07, 6.45) is 5.80. The Morgan fingerprint density at radius 1 is 1.20 bits per heavy atom. The molecule has 20 heavy (non-hydrogen) atoms. The maximum Gasteiger partial charge on any atom is 0.122 e. The fourth-order valence-electron chi connectivity index (χ4n) is 2.96. The van der Waals surface area contributed by atoms with Gasteiger partial charge in [0.2, 0.25) is 0 Å². The van der Waals surface area contributed by atoms with E-state index in [4.69, 9.17) is 4.74 Å². The molecule has 0 aromatic heterocycles. The first-order valence-corrected chi connectivity index (χ1v) is 7.99. The molecule has 0 heterocycles. The second-order valence-electron chi connectivity index (χ2n) is 6.46. The van der Waals surface area contributed by atoms with Crippen LogP contribution in [0.5, 0.6) is 5.75 Å². The van der Waals surface area contributed by atoms with E-state index in [9.17, 15) is 5.11 Å². The van der Waals surface area contributed by atoms with Crippen molar-refractivity contribution in [2.24, 2.45) is 5.92 Å². The number of hydrogen-bond donors (Lipinski definition) is 1. The third-order valence-electron chi connectivity index (χ3n) is 4.48. The van der Waals surface area contributed by atoms with Gasteiger partial charge in [-0.2, -0.15) is 0 Å². The molecule has 2 heteroatoms. The summed E-state index contributed by atoms with van der Waals surface area (Å²) in [5.74, 6) is 1.85. The summed E-state index contributed by atoms with van der Waals surface area (Å²) >= 11 is 0. The first kappa shape index (κ1) is 15.4. The Hall–Kier alpha value is -1.02. The zero-order valence-corrected chi connectivity index (χ0v) is 13.1. The van der Waals surface area contributed by atoms with E-state index in [0.717, 1.165) is 24.2 Å². The van der Waals surface area contributed by atoms with Crippen LogP contribution >= 0.6 is 0 Å². The highest BCUT2D eigenvalue weighted by Crippen LogP contribution is 2.28. The largest absolute Gasteiger partial charge is 0.491 e. The topological polar surface area (TPSA) is 29.5 Å². The third-order valence-corrected chi connectivity index (χ3v) is 4.48. The van der Waals surface area contributed by atoms with Gasteiger partial charge in [-0.05, 0) is 48.8 Å². The predicted molar refractivity (Wildman–Crippen MR) is 83.3 cm³/mol. The van der Waals surface area contributed by atoms with Gasteiger partial charge in [0.05, 0.1) is 6.10 Å². The lowest BCUT2D eigenvalue weighted by atomic mass is 9.85. The van der Waals surface area contributed by atoms with E-state index < -0.39 is 0 Å². The zero-order chi connectivity index (χ0) is 14.5. The highest BCUT2D eigenvalue weighted by atomic mass is 16.5. The Bertz CT molecular complexity index is 419. The van der Waals surface area contributed by atoms with E-state index >= 15 is 0 Å². The van der Waals surface area contributed by atoms with Crippen LogP contribution in [0.1, 0.15) is 63.0 Å². The van der Waals surface area contributed by atoms with E-state index in [1.54, 1.807) is 0 Å². The summed E-state index contributed by atoms with van der Waals surface area (Å²) in [6, 6.07) is 6.38. The zero-order valence-electron chi connectivity index (χ0n) is 13.1. The molecule has 0 amide bonds. The summed E-state index contributed by atoms with van der Waals surface area (Å²) in [7, 11) is 0. The Morgan fingerprint density at radius 3 is 2.55 bits per heavy atom. The average Bonchev–Trinajstić information content (AvgIpc) is 2.46. The third kappa shape index (κ3) is 3.99. The smallest absolute Gasteiger partial charge is 0.122 e. The van der Waals surface area contributed by atoms with Gasteiger partial charge in [0.15, 0.2) is 0 Å². The second-order valence-corrected chi connectivity index (χ2v) is 6.46. The van der Waals surface area contributed by atoms with Crippen LogP contribution in [0.3, 0.4) is 0 Å². The Labute approximate surface area is 123 Å². The molecule has 1 fully saturated rings. The molecular weight excluding hydrogens is 248 g/mol. The molecular formula is C18H28O2. The van der Waals surface area contributed by atoms with Gasteiger partial charge >= 0.3 is 0 Å². The van der Waals surface area contributed by atoms with Crippen LogP contribution in [0.25, 0.3) is 0 Å². The van der Waals surface area contributed by atoms with Crippen LogP contribution < -0.4 is 4.74 Å². The van der Waals surface area contributed by atoms with E-state index in [2.05, 4.69) is 39.0 Å². The Balaban J connectivity index is 1.94. The van der Waals surface area contributed by atoms with Crippen molar-refractivity contribution in [3.63, 3.8) is 0 Å². The molecule has 1 aromatic carbocycles. The molecule has 0 bridgehead atoms. The minimum atomic E-state index is -0.322. The van der Waals surface area contributed by atoms with Gasteiger partial charge < -0.3 is 9.84 Å². The van der Waals surface area contributed by atoms with Crippen molar-refractivity contribution in [2.45, 2.75) is 64.9 Å². The van der Waals surface area contributed by atoms with Crippen LogP contribution in [0.2, 0.25) is 0 Å². The molecule has 1 unspecified atom stereocenters. The van der Waals surface area contributed by atoms with Crippen molar-refractivity contribution >= 4 is 0 Å². The first-order chi connectivity index (χ1) is 9.58. The molecule has 1 aromatic rings. The molecule has 1 atom stereocenters. The van der Waals surface area contributed by atoms with E-state index in [0.29, 0.717) is 18.4 Å². The minimum Gasteiger partial charge on any atom is -0.491 e. The van der Waals surface area contributed by atoms with Crippen LogP contribution in [0.4, 0.5) is 0 Å². The molecule has 0 radical (unpaired) electrons. The summed E-state index contributed by atoms with van der Waals surface area (Å²) < 4.78 is 5.89. The lowest BCUT2D eigenvalue weighted by Gasteiger charge is -2.26. The van der Waals surface area contributed by atoms with Gasteiger partial charge in [0.1, 0.15) is 12.4 Å². The Morgan fingerprint density at radius 2 is 1.90 bits per heavy atom. The number of rotatable bonds is 5. The lowest BCUT2D eigenvalue weighted by molar-refractivity contribution is 0.0411. The lowest BCUT2D eigenvalue weighted by Crippen LogP contribution is -2.29. The predicted octanol–water partition coefficient (Wildman–Crippen LogP) is 4.44. The van der Waals surface area contributed by atoms with E-state index in [1.807, 2.05) is 0 Å². The van der Waals surface area contributed by atoms with Gasteiger partial charge in [0.25, 0.3) is 0 Å². The number of aliphatic hydroxyl groups excluding tert-OH is 1. The first-order valence-electron chi connectivity index (χ1n) is 7.99. The summed E-state index contributed by atoms with van der Waals surface area (Å²) in [4.78, 5) is 0. The quantitative estimate of drug-likeness (QED) is 0.861. The second kappa shape index (κ2) is 7.12. The van der Waals surface area contributed by atoms with Crippen molar-refractivity contribution in [2.75, 3.05) is 6.61 Å². The van der Waals surface area contributed by atoms with Crippen LogP contribution in [-0.4, -0.2) is 17.8 Å². The molecule has 112 valence electrons. The van der Waals surface area contributed by atoms with Gasteiger partial charge in [0, 0.05) is 0 Å². The highest BCUT2D eigenvalue weighted by molar-refractivity contribution is 5.37. The summed E-state index contributed by atoms with van der Waals surface area (Å²) in [6.45, 7) is 6.86. The van der Waals surface area contributed by atoms with Crippen LogP contribution in [0, 0.1) is 12.8 Å². The monoisotopic (exact) mass is 276 g/mol. The van der Waals surface area contributed by atoms with Gasteiger partial charge in [-0.3, -0.25) is 0 Å². The maximum absolute atomic E-state index is 10.3. The van der Waals surface area contributed by atoms with Crippen LogP contribution in [-0.2, 0) is 0 Å². The van der Waals surface area contributed by atoms with Crippen molar-refractivity contribution in [1.29, 1.82) is 0 Å². The van der Waals surface area contributed by atoms with Gasteiger partial charge in [-0.15, -0.1) is 0 Å². The SMILES string of the molecule is Cc1ccc(C(C)C)cc1OCC(O)C1CCCCC1. The van der Waals surface area contributed by atoms with E-state index in [-0.39, 0.29) is 6.10 Å². The van der Waals surface area contributed by atoms with Gasteiger partial charge in [-0.25, -0.2) is 0 Å². The van der Waals surface area contributed by atoms with Crippen molar-refractivity contribution in [1.82, 2.24) is 0 Å². The van der Waals surface area contributed by atoms with Crippen LogP contribution in [0.15, 0.2) is 18.2 Å². The standard InChI is InChI=1S/C18H28O2/c1-13(2)16-10-9-14(3)18(11-16)20-12-17(19)15-7-5-4-6-8-15/h9-11,13,15,17,19H,4-8,12H2,1-3H3. The molecule has 1 N–H and O–H groups in total. The molecule has 1 aliphatic rings. The van der Waals surface area contributed by atoms with Crippen molar-refractivity contribution < 1.29 is 9.84 Å². The molecule has 1 aliphatic carbocycles. The Kier molecular flexibility index (Phi) is 5.47.